The molecule has 0 atom stereocenters. The smallest absolute Gasteiger partial charge is 0.224 e. The third-order valence-electron chi connectivity index (χ3n) is 4.29. The van der Waals surface area contributed by atoms with E-state index in [2.05, 4.69) is 20.9 Å². The quantitative estimate of drug-likeness (QED) is 0.402. The second-order valence-electron chi connectivity index (χ2n) is 6.01. The third-order valence-corrected chi connectivity index (χ3v) is 7.29. The average molecular weight is 478 g/mol. The van der Waals surface area contributed by atoms with Gasteiger partial charge in [-0.15, -0.1) is 0 Å². The predicted octanol–water partition coefficient (Wildman–Crippen LogP) is 5.26. The lowest BCUT2D eigenvalue weighted by Crippen LogP contribution is -2.07. The average Bonchev–Trinajstić information content (AvgIpc) is 3.10. The molecule has 28 heavy (non-hydrogen) atoms. The minimum absolute atomic E-state index is 0.0611. The summed E-state index contributed by atoms with van der Waals surface area (Å²) in [6, 6.07) is 17.2. The molecule has 4 aromatic rings. The van der Waals surface area contributed by atoms with E-state index in [1.165, 1.54) is 23.6 Å². The molecule has 0 aliphatic carbocycles. The number of pyridine rings is 1. The second-order valence-corrected chi connectivity index (χ2v) is 9.13. The van der Waals surface area contributed by atoms with Gasteiger partial charge >= 0.3 is 0 Å². The standard InChI is InChI=1S/C20H14BrClN2O3S/c1-27-14-7-10-18-23-19(13-5-3-2-4-6-13)20(24(18)12-14)28(25,26)15-8-9-16(21)17(22)11-15/h2-12H,1H3. The number of hydrogen-bond donors (Lipinski definition) is 0. The Kier molecular flexibility index (Phi) is 4.91. The Morgan fingerprint density at radius 1 is 1.07 bits per heavy atom. The van der Waals surface area contributed by atoms with E-state index in [1.54, 1.807) is 24.4 Å². The number of aromatic nitrogens is 2. The number of nitrogens with zero attached hydrogens (tertiary/aromatic N) is 2. The lowest BCUT2D eigenvalue weighted by Gasteiger charge is -2.09. The summed E-state index contributed by atoms with van der Waals surface area (Å²) >= 11 is 9.44. The molecule has 0 N–H and O–H groups in total. The monoisotopic (exact) mass is 476 g/mol. The van der Waals surface area contributed by atoms with E-state index in [4.69, 9.17) is 16.3 Å². The summed E-state index contributed by atoms with van der Waals surface area (Å²) in [6.45, 7) is 0. The number of halogens is 2. The van der Waals surface area contributed by atoms with Crippen LogP contribution in [0.15, 0.2) is 81.3 Å². The lowest BCUT2D eigenvalue weighted by molar-refractivity contribution is 0.412. The Morgan fingerprint density at radius 2 is 1.82 bits per heavy atom. The molecule has 2 heterocycles. The number of benzene rings is 2. The number of rotatable bonds is 4. The van der Waals surface area contributed by atoms with Crippen LogP contribution in [0.3, 0.4) is 0 Å². The van der Waals surface area contributed by atoms with Crippen molar-refractivity contribution >= 4 is 43.0 Å². The van der Waals surface area contributed by atoms with Gasteiger partial charge in [0.15, 0.2) is 5.03 Å². The fraction of sp³-hybridized carbons (Fsp3) is 0.0500. The Balaban J connectivity index is 2.06. The summed E-state index contributed by atoms with van der Waals surface area (Å²) in [7, 11) is -2.40. The van der Waals surface area contributed by atoms with Crippen molar-refractivity contribution in [3.63, 3.8) is 0 Å². The van der Waals surface area contributed by atoms with Gasteiger partial charge in [0.05, 0.1) is 23.2 Å². The van der Waals surface area contributed by atoms with Crippen LogP contribution in [0.25, 0.3) is 16.9 Å². The van der Waals surface area contributed by atoms with Gasteiger partial charge in [0.1, 0.15) is 17.1 Å². The molecule has 4 rings (SSSR count). The molecule has 0 bridgehead atoms. The molecule has 8 heteroatoms. The number of methoxy groups -OCH3 is 1. The van der Waals surface area contributed by atoms with Crippen LogP contribution in [0.2, 0.25) is 5.02 Å². The van der Waals surface area contributed by atoms with E-state index in [9.17, 15) is 8.42 Å². The van der Waals surface area contributed by atoms with E-state index in [1.807, 2.05) is 30.3 Å². The van der Waals surface area contributed by atoms with Crippen LogP contribution in [-0.4, -0.2) is 24.9 Å². The van der Waals surface area contributed by atoms with Crippen molar-refractivity contribution in [2.24, 2.45) is 0 Å². The maximum atomic E-state index is 13.6. The van der Waals surface area contributed by atoms with Gasteiger partial charge in [0, 0.05) is 10.0 Å². The predicted molar refractivity (Wildman–Crippen MR) is 112 cm³/mol. The molecule has 0 fully saturated rings. The highest BCUT2D eigenvalue weighted by atomic mass is 79.9. The molecule has 0 radical (unpaired) electrons. The highest BCUT2D eigenvalue weighted by Crippen LogP contribution is 2.35. The summed E-state index contributed by atoms with van der Waals surface area (Å²) in [6.07, 6.45) is 1.61. The van der Waals surface area contributed by atoms with E-state index in [-0.39, 0.29) is 9.92 Å². The highest BCUT2D eigenvalue weighted by molar-refractivity contribution is 9.10. The van der Waals surface area contributed by atoms with Gasteiger partial charge in [-0.3, -0.25) is 4.40 Å². The SMILES string of the molecule is COc1ccc2nc(-c3ccccc3)c(S(=O)(=O)c3ccc(Br)c(Cl)c3)n2c1. The van der Waals surface area contributed by atoms with Crippen molar-refractivity contribution in [2.75, 3.05) is 7.11 Å². The molecule has 0 aliphatic rings. The van der Waals surface area contributed by atoms with Crippen LogP contribution < -0.4 is 4.74 Å². The zero-order valence-electron chi connectivity index (χ0n) is 14.6. The molecule has 0 amide bonds. The number of fused-ring (bicyclic) bond motifs is 1. The van der Waals surface area contributed by atoms with Crippen LogP contribution in [-0.2, 0) is 9.84 Å². The first-order chi connectivity index (χ1) is 13.4. The molecular formula is C20H14BrClN2O3S. The van der Waals surface area contributed by atoms with Gasteiger partial charge in [0.25, 0.3) is 0 Å². The first-order valence-corrected chi connectivity index (χ1v) is 10.9. The number of imidazole rings is 1. The van der Waals surface area contributed by atoms with Crippen molar-refractivity contribution in [2.45, 2.75) is 9.92 Å². The third kappa shape index (κ3) is 3.19. The van der Waals surface area contributed by atoms with E-state index in [0.717, 1.165) is 0 Å². The number of sulfone groups is 1. The van der Waals surface area contributed by atoms with E-state index >= 15 is 0 Å². The number of hydrogen-bond acceptors (Lipinski definition) is 4. The first kappa shape index (κ1) is 19.0. The topological polar surface area (TPSA) is 60.7 Å². The van der Waals surface area contributed by atoms with Gasteiger partial charge in [-0.1, -0.05) is 41.9 Å². The Labute approximate surface area is 175 Å². The van der Waals surface area contributed by atoms with Crippen molar-refractivity contribution in [3.8, 4) is 17.0 Å². The summed E-state index contributed by atoms with van der Waals surface area (Å²) in [5, 5.41) is 0.375. The van der Waals surface area contributed by atoms with E-state index in [0.29, 0.717) is 32.1 Å². The molecule has 5 nitrogen and oxygen atoms in total. The minimum Gasteiger partial charge on any atom is -0.495 e. The largest absolute Gasteiger partial charge is 0.495 e. The number of ether oxygens (including phenoxy) is 1. The van der Waals surface area contributed by atoms with Crippen molar-refractivity contribution < 1.29 is 13.2 Å². The van der Waals surface area contributed by atoms with Gasteiger partial charge in [0.2, 0.25) is 9.84 Å². The molecule has 142 valence electrons. The maximum Gasteiger partial charge on any atom is 0.224 e. The molecule has 2 aromatic heterocycles. The normalized spacial score (nSPS) is 11.7. The summed E-state index contributed by atoms with van der Waals surface area (Å²) in [5.41, 5.74) is 1.57. The van der Waals surface area contributed by atoms with Gasteiger partial charge in [-0.2, -0.15) is 0 Å². The van der Waals surface area contributed by atoms with Crippen LogP contribution in [0.1, 0.15) is 0 Å². The van der Waals surface area contributed by atoms with Crippen molar-refractivity contribution in [1.29, 1.82) is 0 Å². The first-order valence-electron chi connectivity index (χ1n) is 8.23. The maximum absolute atomic E-state index is 13.6. The molecule has 0 aliphatic heterocycles. The summed E-state index contributed by atoms with van der Waals surface area (Å²) in [4.78, 5) is 4.66. The molecule has 0 saturated carbocycles. The lowest BCUT2D eigenvalue weighted by atomic mass is 10.2. The van der Waals surface area contributed by atoms with Gasteiger partial charge in [-0.05, 0) is 46.3 Å². The Bertz CT molecular complexity index is 1290. The van der Waals surface area contributed by atoms with Crippen LogP contribution in [0, 0.1) is 0 Å². The molecule has 2 aromatic carbocycles. The van der Waals surface area contributed by atoms with Gasteiger partial charge < -0.3 is 4.74 Å². The van der Waals surface area contributed by atoms with Crippen molar-refractivity contribution in [3.05, 3.63) is 76.4 Å². The van der Waals surface area contributed by atoms with E-state index < -0.39 is 9.84 Å². The zero-order valence-corrected chi connectivity index (χ0v) is 17.8. The highest BCUT2D eigenvalue weighted by Gasteiger charge is 2.28. The summed E-state index contributed by atoms with van der Waals surface area (Å²) in [5.74, 6) is 0.523. The van der Waals surface area contributed by atoms with Crippen LogP contribution in [0.4, 0.5) is 0 Å². The Hall–Kier alpha value is -2.35. The zero-order chi connectivity index (χ0) is 19.9. The Morgan fingerprint density at radius 3 is 2.50 bits per heavy atom. The molecule has 0 saturated heterocycles. The molecular weight excluding hydrogens is 464 g/mol. The van der Waals surface area contributed by atoms with Gasteiger partial charge in [-0.25, -0.2) is 13.4 Å². The molecule has 0 unspecified atom stereocenters. The second kappa shape index (κ2) is 7.24. The fourth-order valence-electron chi connectivity index (χ4n) is 2.92. The van der Waals surface area contributed by atoms with Crippen LogP contribution >= 0.6 is 27.5 Å². The van der Waals surface area contributed by atoms with Crippen molar-refractivity contribution in [1.82, 2.24) is 9.38 Å². The summed E-state index contributed by atoms with van der Waals surface area (Å²) < 4.78 is 34.6. The minimum atomic E-state index is -3.93. The molecule has 0 spiro atoms. The fourth-order valence-corrected chi connectivity index (χ4v) is 4.98. The van der Waals surface area contributed by atoms with Crippen LogP contribution in [0.5, 0.6) is 5.75 Å².